The lowest BCUT2D eigenvalue weighted by molar-refractivity contribution is 0.0492. The van der Waals surface area contributed by atoms with E-state index in [1.807, 2.05) is 0 Å². The number of fused-ring (bicyclic) bond motifs is 1. The molecule has 0 saturated heterocycles. The quantitative estimate of drug-likeness (QED) is 0.681. The molecule has 0 fully saturated rings. The summed E-state index contributed by atoms with van der Waals surface area (Å²) in [5, 5.41) is 0.857. The van der Waals surface area contributed by atoms with Crippen molar-refractivity contribution in [2.24, 2.45) is 0 Å². The molecule has 0 amide bonds. The average molecular weight is 189 g/mol. The van der Waals surface area contributed by atoms with Crippen LogP contribution in [0.15, 0.2) is 28.7 Å². The Morgan fingerprint density at radius 1 is 1.64 bits per heavy atom. The van der Waals surface area contributed by atoms with E-state index in [-0.39, 0.29) is 5.76 Å². The Hall–Kier alpha value is -1.77. The number of hydrogen-bond acceptors (Lipinski definition) is 3. The summed E-state index contributed by atoms with van der Waals surface area (Å²) >= 11 is 0. The van der Waals surface area contributed by atoms with E-state index < -0.39 is 5.97 Å². The number of carbonyl (C=O) groups excluding carboxylic acids is 1. The first-order valence-corrected chi connectivity index (χ1v) is 4.38. The Morgan fingerprint density at radius 2 is 2.50 bits per heavy atom. The number of furan rings is 1. The fraction of sp³-hybridized carbons (Fsp3) is 0.182. The van der Waals surface area contributed by atoms with Gasteiger partial charge in [0, 0.05) is 5.39 Å². The summed E-state index contributed by atoms with van der Waals surface area (Å²) < 4.78 is 10.1. The van der Waals surface area contributed by atoms with Gasteiger partial charge < -0.3 is 9.15 Å². The molecule has 1 aromatic carbocycles. The third-order valence-corrected chi connectivity index (χ3v) is 1.84. The van der Waals surface area contributed by atoms with E-state index in [1.54, 1.807) is 31.2 Å². The Balaban J connectivity index is 2.40. The molecule has 0 unspecified atom stereocenters. The number of hydrogen-bond donors (Lipinski definition) is 0. The average Bonchev–Trinajstić information content (AvgIpc) is 2.61. The topological polar surface area (TPSA) is 39.4 Å². The van der Waals surface area contributed by atoms with E-state index >= 15 is 0 Å². The lowest BCUT2D eigenvalue weighted by atomic mass is 10.2. The first kappa shape index (κ1) is 8.81. The van der Waals surface area contributed by atoms with E-state index in [9.17, 15) is 4.79 Å². The van der Waals surface area contributed by atoms with Crippen molar-refractivity contribution in [1.82, 2.24) is 0 Å². The summed E-state index contributed by atoms with van der Waals surface area (Å²) in [6, 6.07) is 9.83. The molecule has 0 aliphatic rings. The number of esters is 1. The van der Waals surface area contributed by atoms with Crippen LogP contribution in [0.25, 0.3) is 11.0 Å². The summed E-state index contributed by atoms with van der Waals surface area (Å²) in [5.41, 5.74) is 0.673. The van der Waals surface area contributed by atoms with Crippen LogP contribution < -0.4 is 0 Å². The molecule has 0 atom stereocenters. The zero-order valence-electron chi connectivity index (χ0n) is 7.74. The molecule has 0 aliphatic carbocycles. The monoisotopic (exact) mass is 189 g/mol. The van der Waals surface area contributed by atoms with Gasteiger partial charge in [-0.15, -0.1) is 0 Å². The number of benzene rings is 1. The molecular formula is C11H9O3. The zero-order valence-corrected chi connectivity index (χ0v) is 7.74. The van der Waals surface area contributed by atoms with Crippen LogP contribution in [-0.4, -0.2) is 12.6 Å². The van der Waals surface area contributed by atoms with Crippen molar-refractivity contribution >= 4 is 16.9 Å². The van der Waals surface area contributed by atoms with Gasteiger partial charge in [-0.2, -0.15) is 0 Å². The van der Waals surface area contributed by atoms with Gasteiger partial charge in [-0.1, -0.05) is 6.07 Å². The Labute approximate surface area is 81.3 Å². The minimum Gasteiger partial charge on any atom is -0.460 e. The van der Waals surface area contributed by atoms with Crippen LogP contribution in [0.3, 0.4) is 0 Å². The van der Waals surface area contributed by atoms with Crippen LogP contribution in [0.5, 0.6) is 0 Å². The van der Waals surface area contributed by atoms with E-state index in [4.69, 9.17) is 9.15 Å². The Kier molecular flexibility index (Phi) is 2.23. The van der Waals surface area contributed by atoms with Crippen LogP contribution in [0.1, 0.15) is 17.5 Å². The van der Waals surface area contributed by atoms with Crippen LogP contribution in [-0.2, 0) is 4.74 Å². The first-order chi connectivity index (χ1) is 6.81. The van der Waals surface area contributed by atoms with Crippen molar-refractivity contribution in [3.8, 4) is 0 Å². The summed E-state index contributed by atoms with van der Waals surface area (Å²) in [6.07, 6.45) is 0. The molecule has 0 aliphatic heterocycles. The molecule has 1 aromatic heterocycles. The van der Waals surface area contributed by atoms with E-state index in [0.717, 1.165) is 5.39 Å². The van der Waals surface area contributed by atoms with Crippen LogP contribution in [0.2, 0.25) is 0 Å². The molecule has 71 valence electrons. The number of rotatable bonds is 2. The second-order valence-electron chi connectivity index (χ2n) is 2.80. The molecule has 0 saturated carbocycles. The number of carbonyl (C=O) groups is 1. The predicted octanol–water partition coefficient (Wildman–Crippen LogP) is 2.41. The van der Waals surface area contributed by atoms with Crippen LogP contribution in [0.4, 0.5) is 0 Å². The molecule has 14 heavy (non-hydrogen) atoms. The molecule has 2 aromatic rings. The fourth-order valence-electron chi connectivity index (χ4n) is 1.23. The highest BCUT2D eigenvalue weighted by Crippen LogP contribution is 2.18. The van der Waals surface area contributed by atoms with Gasteiger partial charge in [0.15, 0.2) is 0 Å². The van der Waals surface area contributed by atoms with Crippen molar-refractivity contribution < 1.29 is 13.9 Å². The minimum atomic E-state index is -0.427. The summed E-state index contributed by atoms with van der Waals surface area (Å²) in [4.78, 5) is 11.3. The Morgan fingerprint density at radius 3 is 3.21 bits per heavy atom. The predicted molar refractivity (Wildman–Crippen MR) is 51.0 cm³/mol. The van der Waals surface area contributed by atoms with Gasteiger partial charge >= 0.3 is 5.97 Å². The second-order valence-corrected chi connectivity index (χ2v) is 2.80. The van der Waals surface area contributed by atoms with E-state index in [1.165, 1.54) is 0 Å². The highest BCUT2D eigenvalue weighted by Gasteiger charge is 2.12. The van der Waals surface area contributed by atoms with Crippen molar-refractivity contribution in [2.45, 2.75) is 6.92 Å². The zero-order chi connectivity index (χ0) is 9.97. The van der Waals surface area contributed by atoms with E-state index in [0.29, 0.717) is 12.2 Å². The fourth-order valence-corrected chi connectivity index (χ4v) is 1.23. The van der Waals surface area contributed by atoms with Crippen molar-refractivity contribution in [2.75, 3.05) is 6.61 Å². The van der Waals surface area contributed by atoms with Gasteiger partial charge in [0.2, 0.25) is 5.76 Å². The maximum absolute atomic E-state index is 11.3. The van der Waals surface area contributed by atoms with Crippen LogP contribution in [0, 0.1) is 6.07 Å². The molecule has 0 bridgehead atoms. The maximum atomic E-state index is 11.3. The van der Waals surface area contributed by atoms with Crippen molar-refractivity contribution in [3.63, 3.8) is 0 Å². The van der Waals surface area contributed by atoms with Crippen LogP contribution >= 0.6 is 0 Å². The van der Waals surface area contributed by atoms with Gasteiger partial charge in [-0.25, -0.2) is 4.79 Å². The lowest BCUT2D eigenvalue weighted by Gasteiger charge is -1.95. The summed E-state index contributed by atoms with van der Waals surface area (Å²) in [5.74, 6) is -0.190. The minimum absolute atomic E-state index is 0.237. The SMILES string of the molecule is CCOC(=O)c1cc2c[c]ccc2o1. The first-order valence-electron chi connectivity index (χ1n) is 4.38. The number of ether oxygens (including phenoxy) is 1. The standard InChI is InChI=1S/C11H9O3/c1-2-13-11(12)10-7-8-5-3-4-6-9(8)14-10/h4-7H,2H2,1H3. The normalized spacial score (nSPS) is 10.4. The molecule has 0 spiro atoms. The molecule has 3 heteroatoms. The molecule has 2 rings (SSSR count). The molecule has 0 N–H and O–H groups in total. The summed E-state index contributed by atoms with van der Waals surface area (Å²) in [7, 11) is 0. The molecule has 3 nitrogen and oxygen atoms in total. The lowest BCUT2D eigenvalue weighted by Crippen LogP contribution is -2.02. The Bertz CT molecular complexity index is 423. The van der Waals surface area contributed by atoms with Gasteiger partial charge in [0.25, 0.3) is 0 Å². The highest BCUT2D eigenvalue weighted by atomic mass is 16.5. The van der Waals surface area contributed by atoms with Gasteiger partial charge in [-0.05, 0) is 31.2 Å². The highest BCUT2D eigenvalue weighted by molar-refractivity contribution is 5.92. The van der Waals surface area contributed by atoms with Crippen molar-refractivity contribution in [3.05, 3.63) is 36.1 Å². The third kappa shape index (κ3) is 1.48. The maximum Gasteiger partial charge on any atom is 0.374 e. The second kappa shape index (κ2) is 3.54. The molecule has 1 radical (unpaired) electrons. The van der Waals surface area contributed by atoms with Gasteiger partial charge in [0.1, 0.15) is 5.58 Å². The molecule has 1 heterocycles. The van der Waals surface area contributed by atoms with E-state index in [2.05, 4.69) is 6.07 Å². The summed E-state index contributed by atoms with van der Waals surface area (Å²) in [6.45, 7) is 2.11. The van der Waals surface area contributed by atoms with Crippen molar-refractivity contribution in [1.29, 1.82) is 0 Å². The van der Waals surface area contributed by atoms with Gasteiger partial charge in [-0.3, -0.25) is 0 Å². The molecular weight excluding hydrogens is 180 g/mol. The largest absolute Gasteiger partial charge is 0.460 e. The third-order valence-electron chi connectivity index (χ3n) is 1.84. The smallest absolute Gasteiger partial charge is 0.374 e. The van der Waals surface area contributed by atoms with Gasteiger partial charge in [0.05, 0.1) is 6.61 Å².